The number of hydrogen-bond donors (Lipinski definition) is 0. The fraction of sp³-hybridized carbons (Fsp3) is 0.500. The molecule has 1 aliphatic heterocycles. The van der Waals surface area contributed by atoms with Crippen LogP contribution in [0.25, 0.3) is 0 Å². The molecule has 1 aromatic heterocycles. The van der Waals surface area contributed by atoms with Gasteiger partial charge in [-0.25, -0.2) is 9.37 Å². The average molecular weight is 341 g/mol. The Kier molecular flexibility index (Phi) is 4.32. The summed E-state index contributed by atoms with van der Waals surface area (Å²) in [6.07, 6.45) is 7.81. The number of rotatable bonds is 4. The number of carbonyl (C=O) groups excluding carboxylic acids is 1. The third kappa shape index (κ3) is 3.20. The molecule has 2 aliphatic rings. The Bertz CT molecular complexity index is 755. The van der Waals surface area contributed by atoms with E-state index in [1.807, 2.05) is 29.4 Å². The molecule has 3 atom stereocenters. The number of halogens is 1. The summed E-state index contributed by atoms with van der Waals surface area (Å²) in [4.78, 5) is 19.4. The number of aromatic nitrogens is 2. The van der Waals surface area contributed by atoms with Gasteiger partial charge in [-0.05, 0) is 42.9 Å². The summed E-state index contributed by atoms with van der Waals surface area (Å²) in [5.74, 6) is 1.45. The molecule has 2 aromatic rings. The van der Waals surface area contributed by atoms with Crippen LogP contribution in [0.2, 0.25) is 0 Å². The first kappa shape index (κ1) is 16.3. The Labute approximate surface area is 147 Å². The minimum absolute atomic E-state index is 0.0673. The fourth-order valence-electron chi connectivity index (χ4n) is 4.11. The molecule has 132 valence electrons. The lowest BCUT2D eigenvalue weighted by Gasteiger charge is -2.34. The second-order valence-electron chi connectivity index (χ2n) is 7.18. The van der Waals surface area contributed by atoms with E-state index >= 15 is 0 Å². The van der Waals surface area contributed by atoms with Gasteiger partial charge in [0.1, 0.15) is 11.6 Å². The van der Waals surface area contributed by atoms with E-state index in [2.05, 4.69) is 16.5 Å². The zero-order chi connectivity index (χ0) is 17.4. The molecule has 0 radical (unpaired) electrons. The molecule has 4 rings (SSSR count). The smallest absolute Gasteiger partial charge is 0.226 e. The van der Waals surface area contributed by atoms with Crippen molar-refractivity contribution in [2.75, 3.05) is 13.1 Å². The second-order valence-corrected chi connectivity index (χ2v) is 7.18. The minimum atomic E-state index is -0.224. The lowest BCUT2D eigenvalue weighted by atomic mass is 10.0. The number of amides is 1. The van der Waals surface area contributed by atoms with Crippen LogP contribution < -0.4 is 0 Å². The Hall–Kier alpha value is -2.17. The standard InChI is InChI=1S/C20H24FN3O/c1-2-19-22-9-11-24(19)16-4-3-10-23(13-16)20(25)18-12-17(18)14-5-7-15(21)8-6-14/h5-9,11,16-18H,2-4,10,12-13H2,1H3/t16-,17-,18+/m1/s1. The normalized spacial score (nSPS) is 25.8. The van der Waals surface area contributed by atoms with Gasteiger partial charge in [0.05, 0.1) is 6.04 Å². The van der Waals surface area contributed by atoms with E-state index in [0.29, 0.717) is 6.04 Å². The van der Waals surface area contributed by atoms with Crippen molar-refractivity contribution in [1.82, 2.24) is 14.5 Å². The molecule has 1 aliphatic carbocycles. The van der Waals surface area contributed by atoms with Gasteiger partial charge in [-0.15, -0.1) is 0 Å². The molecule has 0 bridgehead atoms. The molecule has 0 spiro atoms. The van der Waals surface area contributed by atoms with Gasteiger partial charge in [0, 0.05) is 37.8 Å². The maximum Gasteiger partial charge on any atom is 0.226 e. The van der Waals surface area contributed by atoms with Gasteiger partial charge in [-0.2, -0.15) is 0 Å². The number of piperidine rings is 1. The molecule has 1 saturated carbocycles. The Morgan fingerprint density at radius 1 is 1.32 bits per heavy atom. The van der Waals surface area contributed by atoms with Crippen LogP contribution in [0.3, 0.4) is 0 Å². The van der Waals surface area contributed by atoms with Crippen molar-refractivity contribution in [2.45, 2.75) is 44.6 Å². The van der Waals surface area contributed by atoms with E-state index in [1.54, 1.807) is 0 Å². The third-order valence-electron chi connectivity index (χ3n) is 5.57. The van der Waals surface area contributed by atoms with E-state index < -0.39 is 0 Å². The highest BCUT2D eigenvalue weighted by Crippen LogP contribution is 2.48. The van der Waals surface area contributed by atoms with Gasteiger partial charge in [0.2, 0.25) is 5.91 Å². The maximum absolute atomic E-state index is 13.1. The summed E-state index contributed by atoms with van der Waals surface area (Å²) in [6.45, 7) is 3.73. The van der Waals surface area contributed by atoms with Crippen molar-refractivity contribution >= 4 is 5.91 Å². The lowest BCUT2D eigenvalue weighted by molar-refractivity contribution is -0.134. The van der Waals surface area contributed by atoms with Crippen molar-refractivity contribution in [1.29, 1.82) is 0 Å². The molecule has 0 N–H and O–H groups in total. The second kappa shape index (κ2) is 6.62. The molecule has 0 unspecified atom stereocenters. The van der Waals surface area contributed by atoms with Gasteiger partial charge in [0.15, 0.2) is 0 Å². The van der Waals surface area contributed by atoms with Crippen molar-refractivity contribution < 1.29 is 9.18 Å². The molecule has 1 saturated heterocycles. The van der Waals surface area contributed by atoms with Crippen molar-refractivity contribution in [3.8, 4) is 0 Å². The van der Waals surface area contributed by atoms with Crippen LogP contribution >= 0.6 is 0 Å². The van der Waals surface area contributed by atoms with Gasteiger partial charge >= 0.3 is 0 Å². The first-order valence-electron chi connectivity index (χ1n) is 9.23. The van der Waals surface area contributed by atoms with E-state index in [1.165, 1.54) is 12.1 Å². The van der Waals surface area contributed by atoms with E-state index in [4.69, 9.17) is 0 Å². The van der Waals surface area contributed by atoms with Gasteiger partial charge < -0.3 is 9.47 Å². The van der Waals surface area contributed by atoms with E-state index in [9.17, 15) is 9.18 Å². The van der Waals surface area contributed by atoms with Crippen molar-refractivity contribution in [3.63, 3.8) is 0 Å². The van der Waals surface area contributed by atoms with E-state index in [-0.39, 0.29) is 23.6 Å². The maximum atomic E-state index is 13.1. The zero-order valence-corrected chi connectivity index (χ0v) is 14.6. The number of likely N-dealkylation sites (tertiary alicyclic amines) is 1. The SMILES string of the molecule is CCc1nccn1[C@@H]1CCCN(C(=O)[C@H]2C[C@@H]2c2ccc(F)cc2)C1. The number of aryl methyl sites for hydroxylation is 1. The highest BCUT2D eigenvalue weighted by atomic mass is 19.1. The minimum Gasteiger partial charge on any atom is -0.340 e. The molecule has 2 heterocycles. The quantitative estimate of drug-likeness (QED) is 0.853. The molecule has 5 heteroatoms. The van der Waals surface area contributed by atoms with Crippen LogP contribution in [-0.2, 0) is 11.2 Å². The van der Waals surface area contributed by atoms with Crippen LogP contribution in [-0.4, -0.2) is 33.4 Å². The number of carbonyl (C=O) groups is 1. The molecule has 4 nitrogen and oxygen atoms in total. The van der Waals surface area contributed by atoms with Crippen LogP contribution in [0.15, 0.2) is 36.7 Å². The number of benzene rings is 1. The summed E-state index contributed by atoms with van der Waals surface area (Å²) in [5, 5.41) is 0. The largest absolute Gasteiger partial charge is 0.340 e. The highest BCUT2D eigenvalue weighted by molar-refractivity contribution is 5.83. The van der Waals surface area contributed by atoms with Crippen LogP contribution in [0.4, 0.5) is 4.39 Å². The molecule has 25 heavy (non-hydrogen) atoms. The van der Waals surface area contributed by atoms with Gasteiger partial charge in [0.25, 0.3) is 0 Å². The average Bonchev–Trinajstić information content (AvgIpc) is 3.29. The van der Waals surface area contributed by atoms with Crippen LogP contribution in [0, 0.1) is 11.7 Å². The first-order chi connectivity index (χ1) is 12.2. The number of nitrogens with zero attached hydrogens (tertiary/aromatic N) is 3. The molecule has 1 aromatic carbocycles. The zero-order valence-electron chi connectivity index (χ0n) is 14.6. The summed E-state index contributed by atoms with van der Waals surface area (Å²) >= 11 is 0. The molecular weight excluding hydrogens is 317 g/mol. The molecule has 2 fully saturated rings. The Morgan fingerprint density at radius 2 is 2.12 bits per heavy atom. The number of imidazole rings is 1. The summed E-state index contributed by atoms with van der Waals surface area (Å²) in [5.41, 5.74) is 1.08. The predicted molar refractivity (Wildman–Crippen MR) is 93.7 cm³/mol. The Balaban J connectivity index is 1.42. The number of hydrogen-bond acceptors (Lipinski definition) is 2. The van der Waals surface area contributed by atoms with Gasteiger partial charge in [-0.1, -0.05) is 19.1 Å². The lowest BCUT2D eigenvalue weighted by Crippen LogP contribution is -2.41. The molecular formula is C20H24FN3O. The Morgan fingerprint density at radius 3 is 2.88 bits per heavy atom. The predicted octanol–water partition coefficient (Wildman–Crippen LogP) is 3.55. The monoisotopic (exact) mass is 341 g/mol. The highest BCUT2D eigenvalue weighted by Gasteiger charge is 2.46. The van der Waals surface area contributed by atoms with Crippen LogP contribution in [0.1, 0.15) is 49.5 Å². The summed E-state index contributed by atoms with van der Waals surface area (Å²) < 4.78 is 15.3. The molecule has 1 amide bonds. The topological polar surface area (TPSA) is 38.1 Å². The summed E-state index contributed by atoms with van der Waals surface area (Å²) in [6, 6.07) is 6.92. The fourth-order valence-corrected chi connectivity index (χ4v) is 4.11. The van der Waals surface area contributed by atoms with Crippen LogP contribution in [0.5, 0.6) is 0 Å². The summed E-state index contributed by atoms with van der Waals surface area (Å²) in [7, 11) is 0. The third-order valence-corrected chi connectivity index (χ3v) is 5.57. The first-order valence-corrected chi connectivity index (χ1v) is 9.23. The van der Waals surface area contributed by atoms with Crippen molar-refractivity contribution in [2.24, 2.45) is 5.92 Å². The van der Waals surface area contributed by atoms with Gasteiger partial charge in [-0.3, -0.25) is 4.79 Å². The van der Waals surface area contributed by atoms with E-state index in [0.717, 1.165) is 50.2 Å². The van der Waals surface area contributed by atoms with Crippen molar-refractivity contribution in [3.05, 3.63) is 53.9 Å².